The van der Waals surface area contributed by atoms with Crippen LogP contribution in [0.25, 0.3) is 11.0 Å². The second-order valence-corrected chi connectivity index (χ2v) is 4.16. The monoisotopic (exact) mass is 263 g/mol. The fourth-order valence-corrected chi connectivity index (χ4v) is 1.91. The Kier molecular flexibility index (Phi) is 4.01. The normalized spacial score (nSPS) is 10.8. The van der Waals surface area contributed by atoms with Crippen LogP contribution in [0.4, 0.5) is 0 Å². The molecular formula is C13H17N3O3. The van der Waals surface area contributed by atoms with Crippen molar-refractivity contribution >= 4 is 16.9 Å². The topological polar surface area (TPSA) is 90.4 Å². The zero-order valence-electron chi connectivity index (χ0n) is 10.8. The third-order valence-corrected chi connectivity index (χ3v) is 2.86. The molecule has 0 fully saturated rings. The lowest BCUT2D eigenvalue weighted by Gasteiger charge is -2.10. The number of aliphatic hydroxyl groups excluding tert-OH is 1. The lowest BCUT2D eigenvalue weighted by atomic mass is 10.1. The number of carbonyl (C=O) groups is 1. The average molecular weight is 263 g/mol. The van der Waals surface area contributed by atoms with Crippen LogP contribution in [0.3, 0.4) is 0 Å². The molecule has 1 amide bonds. The number of nitrogens with two attached hydrogens (primary N) is 1. The Balaban J connectivity index is 2.48. The molecule has 1 aromatic heterocycles. The molecule has 6 heteroatoms. The zero-order valence-corrected chi connectivity index (χ0v) is 10.8. The molecule has 2 rings (SSSR count). The number of aromatic nitrogens is 2. The van der Waals surface area contributed by atoms with Gasteiger partial charge in [0, 0.05) is 25.1 Å². The van der Waals surface area contributed by atoms with E-state index >= 15 is 0 Å². The van der Waals surface area contributed by atoms with Gasteiger partial charge in [-0.25, -0.2) is 4.98 Å². The summed E-state index contributed by atoms with van der Waals surface area (Å²) in [4.78, 5) is 15.5. The molecule has 0 saturated carbocycles. The van der Waals surface area contributed by atoms with Gasteiger partial charge >= 0.3 is 0 Å². The van der Waals surface area contributed by atoms with Gasteiger partial charge in [-0.1, -0.05) is 0 Å². The molecule has 0 radical (unpaired) electrons. The Bertz CT molecular complexity index is 592. The van der Waals surface area contributed by atoms with Crippen molar-refractivity contribution in [3.8, 4) is 5.75 Å². The molecule has 2 aromatic rings. The molecule has 6 nitrogen and oxygen atoms in total. The lowest BCUT2D eigenvalue weighted by molar-refractivity contribution is 0.1000. The van der Waals surface area contributed by atoms with Gasteiger partial charge in [-0.15, -0.1) is 0 Å². The van der Waals surface area contributed by atoms with Crippen molar-refractivity contribution in [1.29, 1.82) is 0 Å². The highest BCUT2D eigenvalue weighted by atomic mass is 16.5. The number of hydrogen-bond donors (Lipinski definition) is 2. The quantitative estimate of drug-likeness (QED) is 0.758. The van der Waals surface area contributed by atoms with E-state index in [4.69, 9.17) is 15.6 Å². The van der Waals surface area contributed by atoms with E-state index in [1.165, 1.54) is 0 Å². The Labute approximate surface area is 110 Å². The molecule has 102 valence electrons. The summed E-state index contributed by atoms with van der Waals surface area (Å²) in [6, 6.07) is 3.28. The molecule has 1 aromatic carbocycles. The van der Waals surface area contributed by atoms with Crippen LogP contribution < -0.4 is 10.5 Å². The molecule has 0 atom stereocenters. The summed E-state index contributed by atoms with van der Waals surface area (Å²) in [5, 5.41) is 8.79. The highest BCUT2D eigenvalue weighted by Crippen LogP contribution is 2.27. The number of aliphatic hydroxyl groups is 1. The number of ether oxygens (including phenoxy) is 1. The number of rotatable bonds is 6. The number of hydrogen-bond acceptors (Lipinski definition) is 4. The smallest absolute Gasteiger partial charge is 0.248 e. The Hall–Kier alpha value is -2.08. The molecule has 0 aliphatic carbocycles. The first-order chi connectivity index (χ1) is 9.17. The molecule has 3 N–H and O–H groups in total. The van der Waals surface area contributed by atoms with E-state index in [0.29, 0.717) is 29.9 Å². The van der Waals surface area contributed by atoms with Crippen molar-refractivity contribution in [3.63, 3.8) is 0 Å². The summed E-state index contributed by atoms with van der Waals surface area (Å²) in [5.41, 5.74) is 7.18. The molecule has 1 heterocycles. The zero-order chi connectivity index (χ0) is 13.8. The minimum Gasteiger partial charge on any atom is -0.491 e. The van der Waals surface area contributed by atoms with E-state index in [0.717, 1.165) is 12.1 Å². The van der Waals surface area contributed by atoms with Crippen molar-refractivity contribution in [2.24, 2.45) is 5.73 Å². The second-order valence-electron chi connectivity index (χ2n) is 4.16. The minimum absolute atomic E-state index is 0.0612. The average Bonchev–Trinajstić information content (AvgIpc) is 2.81. The molecule has 0 bridgehead atoms. The summed E-state index contributed by atoms with van der Waals surface area (Å²) in [7, 11) is 0. The standard InChI is InChI=1S/C13H17N3O3/c1-2-16-8-15-10-6-9(13(14)18)7-11(12(10)16)19-5-3-4-17/h6-8,17H,2-5H2,1H3,(H2,14,18). The van der Waals surface area contributed by atoms with Gasteiger partial charge in [-0.2, -0.15) is 0 Å². The summed E-state index contributed by atoms with van der Waals surface area (Å²) >= 11 is 0. The number of primary amides is 1. The molecule has 19 heavy (non-hydrogen) atoms. The molecule has 0 saturated heterocycles. The minimum atomic E-state index is -0.514. The summed E-state index contributed by atoms with van der Waals surface area (Å²) in [5.74, 6) is 0.0547. The predicted molar refractivity (Wildman–Crippen MR) is 71.1 cm³/mol. The first kappa shape index (κ1) is 13.4. The summed E-state index contributed by atoms with van der Waals surface area (Å²) < 4.78 is 7.56. The number of amides is 1. The number of imidazole rings is 1. The van der Waals surface area contributed by atoms with E-state index < -0.39 is 5.91 Å². The van der Waals surface area contributed by atoms with E-state index in [9.17, 15) is 4.79 Å². The van der Waals surface area contributed by atoms with E-state index in [1.54, 1.807) is 18.5 Å². The van der Waals surface area contributed by atoms with Crippen molar-refractivity contribution in [3.05, 3.63) is 24.0 Å². The van der Waals surface area contributed by atoms with Crippen LogP contribution in [-0.2, 0) is 6.54 Å². The van der Waals surface area contributed by atoms with Crippen LogP contribution >= 0.6 is 0 Å². The number of fused-ring (bicyclic) bond motifs is 1. The highest BCUT2D eigenvalue weighted by molar-refractivity contribution is 5.98. The van der Waals surface area contributed by atoms with Gasteiger partial charge in [0.2, 0.25) is 5.91 Å². The summed E-state index contributed by atoms with van der Waals surface area (Å²) in [6.45, 7) is 3.19. The van der Waals surface area contributed by atoms with Gasteiger partial charge in [0.1, 0.15) is 11.3 Å². The number of benzene rings is 1. The Morgan fingerprint density at radius 2 is 2.32 bits per heavy atom. The van der Waals surface area contributed by atoms with Crippen molar-refractivity contribution < 1.29 is 14.6 Å². The Morgan fingerprint density at radius 1 is 1.53 bits per heavy atom. The first-order valence-corrected chi connectivity index (χ1v) is 6.19. The molecule has 0 aliphatic rings. The predicted octanol–water partition coefficient (Wildman–Crippen LogP) is 0.916. The van der Waals surface area contributed by atoms with Crippen LogP contribution in [0.2, 0.25) is 0 Å². The maximum Gasteiger partial charge on any atom is 0.248 e. The van der Waals surface area contributed by atoms with E-state index in [1.807, 2.05) is 11.5 Å². The fraction of sp³-hybridized carbons (Fsp3) is 0.385. The summed E-state index contributed by atoms with van der Waals surface area (Å²) in [6.07, 6.45) is 2.23. The number of nitrogens with zero attached hydrogens (tertiary/aromatic N) is 2. The van der Waals surface area contributed by atoms with Crippen LogP contribution in [0, 0.1) is 0 Å². The van der Waals surface area contributed by atoms with Gasteiger partial charge < -0.3 is 20.1 Å². The van der Waals surface area contributed by atoms with E-state index in [2.05, 4.69) is 4.98 Å². The van der Waals surface area contributed by atoms with Gasteiger partial charge in [0.15, 0.2) is 0 Å². The van der Waals surface area contributed by atoms with Gasteiger partial charge in [0.25, 0.3) is 0 Å². The highest BCUT2D eigenvalue weighted by Gasteiger charge is 2.13. The van der Waals surface area contributed by atoms with Crippen LogP contribution in [0.15, 0.2) is 18.5 Å². The van der Waals surface area contributed by atoms with Crippen molar-refractivity contribution in [2.45, 2.75) is 19.9 Å². The molecule has 0 unspecified atom stereocenters. The van der Waals surface area contributed by atoms with Crippen LogP contribution in [-0.4, -0.2) is 33.8 Å². The van der Waals surface area contributed by atoms with Crippen LogP contribution in [0.5, 0.6) is 5.75 Å². The molecule has 0 aliphatic heterocycles. The number of aryl methyl sites for hydroxylation is 1. The van der Waals surface area contributed by atoms with Crippen LogP contribution in [0.1, 0.15) is 23.7 Å². The van der Waals surface area contributed by atoms with Gasteiger partial charge in [0.05, 0.1) is 18.5 Å². The molecular weight excluding hydrogens is 246 g/mol. The maximum absolute atomic E-state index is 11.3. The van der Waals surface area contributed by atoms with Gasteiger partial charge in [-0.05, 0) is 19.1 Å². The second kappa shape index (κ2) is 5.71. The maximum atomic E-state index is 11.3. The lowest BCUT2D eigenvalue weighted by Crippen LogP contribution is -2.11. The third kappa shape index (κ3) is 2.68. The largest absolute Gasteiger partial charge is 0.491 e. The first-order valence-electron chi connectivity index (χ1n) is 6.19. The number of carbonyl (C=O) groups excluding carboxylic acids is 1. The molecule has 0 spiro atoms. The fourth-order valence-electron chi connectivity index (χ4n) is 1.91. The van der Waals surface area contributed by atoms with Gasteiger partial charge in [-0.3, -0.25) is 4.79 Å². The van der Waals surface area contributed by atoms with E-state index in [-0.39, 0.29) is 6.61 Å². The van der Waals surface area contributed by atoms with Crippen molar-refractivity contribution in [2.75, 3.05) is 13.2 Å². The Morgan fingerprint density at radius 3 is 2.95 bits per heavy atom. The third-order valence-electron chi connectivity index (χ3n) is 2.86. The SMILES string of the molecule is CCn1cnc2cc(C(N)=O)cc(OCCCO)c21. The van der Waals surface area contributed by atoms with Crippen molar-refractivity contribution in [1.82, 2.24) is 9.55 Å².